The molecule has 8 nitrogen and oxygen atoms in total. The summed E-state index contributed by atoms with van der Waals surface area (Å²) in [5, 5.41) is 3.01. The fraction of sp³-hybridized carbons (Fsp3) is 0.500. The van der Waals surface area contributed by atoms with Gasteiger partial charge in [0.2, 0.25) is 5.95 Å². The van der Waals surface area contributed by atoms with Crippen molar-refractivity contribution in [2.45, 2.75) is 77.4 Å². The van der Waals surface area contributed by atoms with Gasteiger partial charge < -0.3 is 25.6 Å². The second kappa shape index (κ2) is 13.5. The minimum atomic E-state index is -4.88. The van der Waals surface area contributed by atoms with Crippen LogP contribution in [0.25, 0.3) is 11.3 Å². The lowest BCUT2D eigenvalue weighted by Crippen LogP contribution is -2.44. The van der Waals surface area contributed by atoms with E-state index in [1.165, 1.54) is 17.4 Å². The number of benzene rings is 1. The number of halogens is 3. The molecule has 2 aromatic heterocycles. The summed E-state index contributed by atoms with van der Waals surface area (Å²) in [6, 6.07) is 4.59. The Hall–Kier alpha value is -3.60. The van der Waals surface area contributed by atoms with Gasteiger partial charge in [-0.3, -0.25) is 4.79 Å². The molecule has 0 unspecified atom stereocenters. The summed E-state index contributed by atoms with van der Waals surface area (Å²) in [5.74, 6) is 2.73. The molecular weight excluding hydrogens is 642 g/mol. The van der Waals surface area contributed by atoms with E-state index >= 15 is 0 Å². The maximum absolute atomic E-state index is 13.4. The number of rotatable bonds is 8. The summed E-state index contributed by atoms with van der Waals surface area (Å²) in [6.45, 7) is 16.6. The first-order valence-corrected chi connectivity index (χ1v) is 19.1. The van der Waals surface area contributed by atoms with Crippen molar-refractivity contribution in [3.05, 3.63) is 45.3 Å². The summed E-state index contributed by atoms with van der Waals surface area (Å²) in [7, 11) is -0.0657. The molecule has 2 aliphatic rings. The lowest BCUT2D eigenvalue weighted by atomic mass is 9.90. The molecular formula is C34H43F3N6O2SSi. The summed E-state index contributed by atoms with van der Waals surface area (Å²) in [6.07, 6.45) is -2.01. The zero-order valence-corrected chi connectivity index (χ0v) is 29.8. The van der Waals surface area contributed by atoms with Crippen LogP contribution in [0.4, 0.5) is 30.5 Å². The molecule has 0 bridgehead atoms. The molecule has 3 N–H and O–H groups in total. The van der Waals surface area contributed by atoms with E-state index in [0.29, 0.717) is 40.0 Å². The number of nitrogens with one attached hydrogen (secondary N) is 1. The topological polar surface area (TPSA) is 96.6 Å². The fourth-order valence-corrected chi connectivity index (χ4v) is 13.5. The third kappa shape index (κ3) is 7.15. The van der Waals surface area contributed by atoms with E-state index in [1.54, 1.807) is 18.3 Å². The Bertz CT molecular complexity index is 1680. The third-order valence-electron chi connectivity index (χ3n) is 9.54. The number of primary amides is 1. The normalized spacial score (nSPS) is 15.4. The van der Waals surface area contributed by atoms with Gasteiger partial charge in [0, 0.05) is 43.6 Å². The molecule has 47 heavy (non-hydrogen) atoms. The number of anilines is 3. The number of alkyl halides is 3. The number of hydrogen-bond donors (Lipinski definition) is 2. The van der Waals surface area contributed by atoms with Gasteiger partial charge in [-0.05, 0) is 65.8 Å². The Morgan fingerprint density at radius 1 is 1.06 bits per heavy atom. The predicted molar refractivity (Wildman–Crippen MR) is 185 cm³/mol. The van der Waals surface area contributed by atoms with E-state index < -0.39 is 20.3 Å². The van der Waals surface area contributed by atoms with Crippen LogP contribution in [-0.2, 0) is 12.8 Å². The van der Waals surface area contributed by atoms with Crippen LogP contribution in [0.15, 0.2) is 24.4 Å². The zero-order valence-electron chi connectivity index (χ0n) is 28.0. The van der Waals surface area contributed by atoms with E-state index in [4.69, 9.17) is 10.7 Å². The monoisotopic (exact) mass is 684 g/mol. The van der Waals surface area contributed by atoms with Crippen molar-refractivity contribution in [2.24, 2.45) is 5.73 Å². The molecule has 0 saturated carbocycles. The van der Waals surface area contributed by atoms with E-state index in [2.05, 4.69) is 77.8 Å². The number of ether oxygens (including phenoxy) is 1. The summed E-state index contributed by atoms with van der Waals surface area (Å²) in [5.41, 5.74) is 14.8. The quantitative estimate of drug-likeness (QED) is 0.189. The maximum Gasteiger partial charge on any atom is 0.573 e. The van der Waals surface area contributed by atoms with E-state index in [1.807, 2.05) is 7.05 Å². The van der Waals surface area contributed by atoms with Crippen LogP contribution < -0.4 is 20.7 Å². The van der Waals surface area contributed by atoms with E-state index in [0.717, 1.165) is 53.4 Å². The summed E-state index contributed by atoms with van der Waals surface area (Å²) in [4.78, 5) is 27.4. The highest BCUT2D eigenvalue weighted by Gasteiger charge is 2.42. The second-order valence-electron chi connectivity index (χ2n) is 13.3. The molecule has 1 saturated heterocycles. The van der Waals surface area contributed by atoms with Crippen LogP contribution in [-0.4, -0.2) is 68.4 Å². The van der Waals surface area contributed by atoms with Crippen molar-refractivity contribution in [1.29, 1.82) is 0 Å². The Morgan fingerprint density at radius 3 is 2.32 bits per heavy atom. The van der Waals surface area contributed by atoms with Gasteiger partial charge >= 0.3 is 6.36 Å². The van der Waals surface area contributed by atoms with Gasteiger partial charge in [0.05, 0.1) is 21.1 Å². The first kappa shape index (κ1) is 34.7. The first-order chi connectivity index (χ1) is 22.1. The smallest absolute Gasteiger partial charge is 0.404 e. The number of likely N-dealkylation sites (N-methyl/N-ethyl adjacent to an activating group) is 1. The molecule has 13 heteroatoms. The van der Waals surface area contributed by atoms with Crippen molar-refractivity contribution in [3.8, 4) is 28.5 Å². The molecule has 1 aliphatic heterocycles. The number of aromatic nitrogens is 2. The van der Waals surface area contributed by atoms with Gasteiger partial charge in [-0.25, -0.2) is 9.97 Å². The number of nitrogens with zero attached hydrogens (tertiary/aromatic N) is 4. The molecule has 0 atom stereocenters. The Labute approximate surface area is 279 Å². The van der Waals surface area contributed by atoms with Crippen LogP contribution >= 0.6 is 11.3 Å². The SMILES string of the molecule is CC(C)[Si](C#Cc1sc(C(N)=O)c2c1-c1nc(Nc3cc(N4CCN(C)CC4)ccc3OC(F)(F)F)ncc1CC2)(C(C)C)C(C)C. The zero-order chi connectivity index (χ0) is 34.3. The molecule has 3 heterocycles. The molecule has 1 amide bonds. The molecule has 1 aromatic carbocycles. The number of nitrogens with two attached hydrogens (primary N) is 1. The molecule has 5 rings (SSSR count). The summed E-state index contributed by atoms with van der Waals surface area (Å²) < 4.78 is 44.7. The fourth-order valence-electron chi connectivity index (χ4n) is 7.18. The van der Waals surface area contributed by atoms with E-state index in [9.17, 15) is 18.0 Å². The van der Waals surface area contributed by atoms with Gasteiger partial charge in [0.1, 0.15) is 8.07 Å². The average Bonchev–Trinajstić information content (AvgIpc) is 3.37. The Kier molecular flexibility index (Phi) is 9.96. The lowest BCUT2D eigenvalue weighted by Gasteiger charge is -2.38. The number of carbonyl (C=O) groups is 1. The Morgan fingerprint density at radius 2 is 1.72 bits per heavy atom. The van der Waals surface area contributed by atoms with Crippen LogP contribution in [0.3, 0.4) is 0 Å². The van der Waals surface area contributed by atoms with Crippen LogP contribution in [0.5, 0.6) is 5.75 Å². The number of hydrogen-bond acceptors (Lipinski definition) is 8. The first-order valence-electron chi connectivity index (χ1n) is 16.1. The molecule has 1 aliphatic carbocycles. The number of carbonyl (C=O) groups excluding carboxylic acids is 1. The maximum atomic E-state index is 13.4. The lowest BCUT2D eigenvalue weighted by molar-refractivity contribution is -0.274. The number of aryl methyl sites for hydroxylation is 1. The standard InChI is InChI=1S/C34H43F3N6O2SSi/c1-20(2)47(21(3)4,22(5)6)17-12-28-29-25(31(46-28)32(38)44)10-8-23-19-39-33(41-30(23)29)40-26-18-24(43-15-13-42(7)14-16-43)9-11-27(26)45-34(35,36)37/h9,11,18-22H,8,10,13-16H2,1-7H3,(H2,38,44)(H,39,40,41). The Balaban J connectivity index is 1.59. The number of thiophene rings is 1. The molecule has 0 radical (unpaired) electrons. The average molecular weight is 685 g/mol. The van der Waals surface area contributed by atoms with Gasteiger partial charge in [-0.1, -0.05) is 47.5 Å². The molecule has 252 valence electrons. The van der Waals surface area contributed by atoms with Crippen molar-refractivity contribution in [3.63, 3.8) is 0 Å². The van der Waals surface area contributed by atoms with Crippen molar-refractivity contribution in [2.75, 3.05) is 43.4 Å². The van der Waals surface area contributed by atoms with Crippen LogP contribution in [0.2, 0.25) is 16.6 Å². The van der Waals surface area contributed by atoms with Crippen molar-refractivity contribution < 1.29 is 22.7 Å². The third-order valence-corrected chi connectivity index (χ3v) is 17.0. The van der Waals surface area contributed by atoms with Gasteiger partial charge in [0.15, 0.2) is 5.75 Å². The highest BCUT2D eigenvalue weighted by atomic mass is 32.1. The second-order valence-corrected chi connectivity index (χ2v) is 19.9. The van der Waals surface area contributed by atoms with Gasteiger partial charge in [-0.2, -0.15) is 0 Å². The predicted octanol–water partition coefficient (Wildman–Crippen LogP) is 7.37. The highest BCUT2D eigenvalue weighted by molar-refractivity contribution is 7.15. The number of amides is 1. The van der Waals surface area contributed by atoms with Crippen molar-refractivity contribution in [1.82, 2.24) is 14.9 Å². The number of fused-ring (bicyclic) bond motifs is 3. The number of piperazine rings is 1. The summed E-state index contributed by atoms with van der Waals surface area (Å²) >= 11 is 1.30. The molecule has 0 spiro atoms. The van der Waals surface area contributed by atoms with Gasteiger partial charge in [-0.15, -0.1) is 30.1 Å². The van der Waals surface area contributed by atoms with Crippen LogP contribution in [0.1, 0.15) is 67.2 Å². The van der Waals surface area contributed by atoms with Gasteiger partial charge in [0.25, 0.3) is 5.91 Å². The minimum Gasteiger partial charge on any atom is -0.404 e. The molecule has 3 aromatic rings. The highest BCUT2D eigenvalue weighted by Crippen LogP contribution is 2.44. The molecule has 1 fully saturated rings. The van der Waals surface area contributed by atoms with Crippen molar-refractivity contribution >= 4 is 42.6 Å². The van der Waals surface area contributed by atoms with Crippen LogP contribution in [0, 0.1) is 11.5 Å². The van der Waals surface area contributed by atoms with E-state index in [-0.39, 0.29) is 17.4 Å². The largest absolute Gasteiger partial charge is 0.573 e. The minimum absolute atomic E-state index is 0.0967.